The van der Waals surface area contributed by atoms with E-state index in [9.17, 15) is 0 Å². The maximum Gasteiger partial charge on any atom is 0.178 e. The van der Waals surface area contributed by atoms with Crippen molar-refractivity contribution in [2.45, 2.75) is 6.92 Å². The summed E-state index contributed by atoms with van der Waals surface area (Å²) in [5.41, 5.74) is 1.92. The molecule has 3 rings (SSSR count). The lowest BCUT2D eigenvalue weighted by Crippen LogP contribution is -2.18. The normalized spacial score (nSPS) is 17.4. The highest BCUT2D eigenvalue weighted by atomic mass is 15.4. The van der Waals surface area contributed by atoms with Crippen LogP contribution in [-0.4, -0.2) is 16.9 Å². The van der Waals surface area contributed by atoms with Gasteiger partial charge in [-0.25, -0.2) is 9.97 Å². The van der Waals surface area contributed by atoms with Gasteiger partial charge in [-0.3, -0.25) is 4.90 Å². The molecule has 1 aromatic heterocycles. The zero-order valence-electron chi connectivity index (χ0n) is 12.3. The van der Waals surface area contributed by atoms with Crippen LogP contribution in [0.15, 0.2) is 36.7 Å². The van der Waals surface area contributed by atoms with Crippen molar-refractivity contribution in [2.75, 3.05) is 16.8 Å². The molecule has 0 saturated heterocycles. The number of hydrogen-bond acceptors (Lipinski definition) is 4. The van der Waals surface area contributed by atoms with Gasteiger partial charge in [0.15, 0.2) is 11.6 Å². The van der Waals surface area contributed by atoms with E-state index >= 15 is 0 Å². The van der Waals surface area contributed by atoms with Crippen LogP contribution in [0, 0.1) is 13.6 Å². The Hall–Kier alpha value is -2.10. The van der Waals surface area contributed by atoms with Gasteiger partial charge < -0.3 is 4.90 Å². The molecule has 4 heteroatoms. The number of para-hydroxylation sites is 1. The van der Waals surface area contributed by atoms with Crippen molar-refractivity contribution in [1.82, 2.24) is 9.97 Å². The molecule has 0 bridgehead atoms. The molecule has 1 aromatic carbocycles. The Labute approximate surface area is 105 Å². The van der Waals surface area contributed by atoms with Crippen LogP contribution in [0.25, 0.3) is 0 Å². The third kappa shape index (κ3) is 1.53. The summed E-state index contributed by atoms with van der Waals surface area (Å²) >= 11 is 0. The molecule has 0 saturated carbocycles. The smallest absolute Gasteiger partial charge is 0.178 e. The highest BCUT2D eigenvalue weighted by molar-refractivity contribution is 5.79. The van der Waals surface area contributed by atoms with Crippen LogP contribution in [0.5, 0.6) is 0 Å². The molecule has 17 heavy (non-hydrogen) atoms. The number of hydrogen-bond donors (Lipinski definition) is 0. The number of anilines is 3. The van der Waals surface area contributed by atoms with Crippen molar-refractivity contribution in [2.24, 2.45) is 0 Å². The maximum atomic E-state index is 7.60. The fourth-order valence-electron chi connectivity index (χ4n) is 1.90. The minimum absolute atomic E-state index is 0.343. The minimum atomic E-state index is -2.29. The molecule has 4 nitrogen and oxygen atoms in total. The largest absolute Gasteiger partial charge is 0.332 e. The number of aryl methyl sites for hydroxylation is 1. The number of fused-ring (bicyclic) bond motifs is 1. The van der Waals surface area contributed by atoms with E-state index in [0.29, 0.717) is 11.6 Å². The van der Waals surface area contributed by atoms with E-state index in [1.54, 1.807) is 11.1 Å². The maximum absolute atomic E-state index is 7.60. The summed E-state index contributed by atoms with van der Waals surface area (Å²) in [5, 5.41) is 0. The molecular formula is C13H13N4. The molecule has 1 radical (unpaired) electrons. The van der Waals surface area contributed by atoms with Gasteiger partial charge in [0.1, 0.15) is 6.67 Å². The first-order chi connectivity index (χ1) is 9.48. The summed E-state index contributed by atoms with van der Waals surface area (Å²) in [4.78, 5) is 11.3. The third-order valence-electron chi connectivity index (χ3n) is 2.72. The monoisotopic (exact) mass is 228 g/mol. The lowest BCUT2D eigenvalue weighted by Gasteiger charge is -2.19. The third-order valence-corrected chi connectivity index (χ3v) is 2.72. The van der Waals surface area contributed by atoms with Crippen LogP contribution in [0.2, 0.25) is 0 Å². The van der Waals surface area contributed by atoms with E-state index in [4.69, 9.17) is 4.11 Å². The molecule has 0 N–H and O–H groups in total. The first kappa shape index (κ1) is 7.27. The van der Waals surface area contributed by atoms with Crippen LogP contribution in [0.1, 0.15) is 9.68 Å². The molecule has 2 aromatic rings. The second-order valence-electron chi connectivity index (χ2n) is 3.85. The summed E-state index contributed by atoms with van der Waals surface area (Å²) in [5.74, 6) is 0.869. The zero-order valence-corrected chi connectivity index (χ0v) is 9.33. The molecule has 0 aliphatic carbocycles. The molecule has 2 heterocycles. The molecule has 0 unspecified atom stereocenters. The van der Waals surface area contributed by atoms with E-state index in [0.717, 1.165) is 11.3 Å². The van der Waals surface area contributed by atoms with Crippen LogP contribution in [0.3, 0.4) is 0 Å². The Morgan fingerprint density at radius 3 is 2.65 bits per heavy atom. The minimum Gasteiger partial charge on any atom is -0.332 e. The Kier molecular flexibility index (Phi) is 1.60. The predicted octanol–water partition coefficient (Wildman–Crippen LogP) is 2.49. The van der Waals surface area contributed by atoms with Gasteiger partial charge in [-0.05, 0) is 18.6 Å². The Morgan fingerprint density at radius 2 is 1.88 bits per heavy atom. The molecule has 0 fully saturated rings. The summed E-state index contributed by atoms with van der Waals surface area (Å²) in [6, 6.07) is 7.74. The second kappa shape index (κ2) is 3.73. The summed E-state index contributed by atoms with van der Waals surface area (Å²) in [7, 11) is 0. The average molecular weight is 228 g/mol. The van der Waals surface area contributed by atoms with E-state index in [1.807, 2.05) is 31.2 Å². The second-order valence-corrected chi connectivity index (χ2v) is 3.85. The topological polar surface area (TPSA) is 32.3 Å². The fourth-order valence-corrected chi connectivity index (χ4v) is 1.90. The number of aromatic nitrogens is 2. The van der Waals surface area contributed by atoms with Crippen LogP contribution in [0.4, 0.5) is 17.3 Å². The van der Waals surface area contributed by atoms with Gasteiger partial charge in [-0.2, -0.15) is 0 Å². The highest BCUT2D eigenvalue weighted by Crippen LogP contribution is 2.39. The van der Waals surface area contributed by atoms with Gasteiger partial charge >= 0.3 is 0 Å². The van der Waals surface area contributed by atoms with Crippen molar-refractivity contribution in [3.8, 4) is 0 Å². The van der Waals surface area contributed by atoms with Gasteiger partial charge in [0.2, 0.25) is 0 Å². The molecule has 85 valence electrons. The van der Waals surface area contributed by atoms with E-state index in [-0.39, 0.29) is 0 Å². The predicted molar refractivity (Wildman–Crippen MR) is 68.1 cm³/mol. The summed E-state index contributed by atoms with van der Waals surface area (Å²) in [6.45, 7) is 1.21. The lowest BCUT2D eigenvalue weighted by atomic mass is 10.2. The van der Waals surface area contributed by atoms with Crippen molar-refractivity contribution < 1.29 is 4.11 Å². The van der Waals surface area contributed by atoms with Crippen molar-refractivity contribution >= 4 is 17.3 Å². The highest BCUT2D eigenvalue weighted by Gasteiger charge is 2.28. The molecule has 0 spiro atoms. The molecule has 1 aliphatic heterocycles. The van der Waals surface area contributed by atoms with Gasteiger partial charge in [0.05, 0.1) is 0 Å². The molecule has 1 aliphatic rings. The van der Waals surface area contributed by atoms with E-state index in [2.05, 4.69) is 9.97 Å². The summed E-state index contributed by atoms with van der Waals surface area (Å²) < 4.78 is 22.8. The summed E-state index contributed by atoms with van der Waals surface area (Å²) in [6.07, 6.45) is 3.05. The fraction of sp³-hybridized carbons (Fsp3) is 0.154. The molecule has 0 amide bonds. The average Bonchev–Trinajstić information content (AvgIpc) is 2.79. The van der Waals surface area contributed by atoms with Gasteiger partial charge in [-0.1, -0.05) is 18.2 Å². The SMILES string of the molecule is [2H]C([2H])([2H])N1[CH]N(c2ccccc2C)c2nccnc21. The quantitative estimate of drug-likeness (QED) is 0.750. The lowest BCUT2D eigenvalue weighted by molar-refractivity contribution is 1.05. The van der Waals surface area contributed by atoms with Crippen LogP contribution >= 0.6 is 0 Å². The Balaban J connectivity index is 2.10. The van der Waals surface area contributed by atoms with E-state index in [1.165, 1.54) is 17.8 Å². The number of rotatable bonds is 1. The molecule has 0 atom stereocenters. The Morgan fingerprint density at radius 1 is 1.12 bits per heavy atom. The van der Waals surface area contributed by atoms with Gasteiger partial charge in [-0.15, -0.1) is 0 Å². The van der Waals surface area contributed by atoms with Crippen molar-refractivity contribution in [3.63, 3.8) is 0 Å². The Bertz CT molecular complexity index is 642. The standard InChI is InChI=1S/C13H13N4/c1-10-5-3-4-6-11(10)17-9-16(2)12-13(17)15-8-7-14-12/h3-9H,1-2H3/i2D3. The zero-order chi connectivity index (χ0) is 14.3. The van der Waals surface area contributed by atoms with Crippen LogP contribution in [-0.2, 0) is 0 Å². The number of nitrogens with zero attached hydrogens (tertiary/aromatic N) is 4. The van der Waals surface area contributed by atoms with Gasteiger partial charge in [0, 0.05) is 29.2 Å². The first-order valence-electron chi connectivity index (χ1n) is 6.79. The van der Waals surface area contributed by atoms with Gasteiger partial charge in [0.25, 0.3) is 0 Å². The number of benzene rings is 1. The van der Waals surface area contributed by atoms with E-state index < -0.39 is 6.98 Å². The molecular weight excluding hydrogens is 212 g/mol. The van der Waals surface area contributed by atoms with Crippen molar-refractivity contribution in [1.29, 1.82) is 0 Å². The van der Waals surface area contributed by atoms with Crippen LogP contribution < -0.4 is 9.80 Å². The first-order valence-corrected chi connectivity index (χ1v) is 5.29. The van der Waals surface area contributed by atoms with Crippen molar-refractivity contribution in [3.05, 3.63) is 48.9 Å².